The predicted molar refractivity (Wildman–Crippen MR) is 81.9 cm³/mol. The van der Waals surface area contributed by atoms with Crippen LogP contribution in [0.15, 0.2) is 22.7 Å². The topological polar surface area (TPSA) is 40.6 Å². The Hall–Kier alpha value is -1.07. The summed E-state index contributed by atoms with van der Waals surface area (Å²) in [6, 6.07) is 5.10. The Morgan fingerprint density at radius 1 is 1.35 bits per heavy atom. The van der Waals surface area contributed by atoms with Crippen molar-refractivity contribution in [2.45, 2.75) is 12.8 Å². The van der Waals surface area contributed by atoms with E-state index in [9.17, 15) is 9.59 Å². The third-order valence-corrected chi connectivity index (χ3v) is 4.16. The second kappa shape index (κ2) is 6.59. The van der Waals surface area contributed by atoms with Gasteiger partial charge in [0.25, 0.3) is 5.91 Å². The normalized spacial score (nSPS) is 14.4. The smallest absolute Gasteiger partial charge is 0.255 e. The fourth-order valence-electron chi connectivity index (χ4n) is 2.21. The maximum atomic E-state index is 12.3. The van der Waals surface area contributed by atoms with Crippen LogP contribution in [0.5, 0.6) is 0 Å². The van der Waals surface area contributed by atoms with Crippen LogP contribution >= 0.6 is 27.5 Å². The van der Waals surface area contributed by atoms with Crippen LogP contribution in [0.25, 0.3) is 0 Å². The van der Waals surface area contributed by atoms with Crippen LogP contribution in [0.4, 0.5) is 0 Å². The molecule has 1 aromatic rings. The zero-order chi connectivity index (χ0) is 14.7. The van der Waals surface area contributed by atoms with Gasteiger partial charge < -0.3 is 9.80 Å². The molecule has 0 saturated carbocycles. The number of likely N-dealkylation sites (N-methyl/N-ethyl adjacent to an activating group) is 1. The van der Waals surface area contributed by atoms with Gasteiger partial charge in [-0.25, -0.2) is 0 Å². The Kier molecular flexibility index (Phi) is 5.05. The summed E-state index contributed by atoms with van der Waals surface area (Å²) < 4.78 is 0.782. The van der Waals surface area contributed by atoms with E-state index in [0.717, 1.165) is 30.4 Å². The maximum Gasteiger partial charge on any atom is 0.255 e. The average molecular weight is 360 g/mol. The molecule has 1 heterocycles. The summed E-state index contributed by atoms with van der Waals surface area (Å²) in [6.45, 7) is 1.67. The number of amides is 2. The number of carbonyl (C=O) groups is 2. The average Bonchev–Trinajstić information content (AvgIpc) is 2.94. The van der Waals surface area contributed by atoms with E-state index in [-0.39, 0.29) is 18.4 Å². The van der Waals surface area contributed by atoms with Crippen LogP contribution in [0.1, 0.15) is 23.2 Å². The van der Waals surface area contributed by atoms with Gasteiger partial charge in [-0.05, 0) is 31.0 Å². The van der Waals surface area contributed by atoms with Gasteiger partial charge in [-0.15, -0.1) is 0 Å². The highest BCUT2D eigenvalue weighted by atomic mass is 79.9. The number of hydrogen-bond acceptors (Lipinski definition) is 2. The van der Waals surface area contributed by atoms with E-state index in [1.165, 1.54) is 4.90 Å². The fraction of sp³-hybridized carbons (Fsp3) is 0.429. The molecule has 1 aliphatic rings. The molecule has 1 aliphatic heterocycles. The van der Waals surface area contributed by atoms with Crippen molar-refractivity contribution in [3.05, 3.63) is 33.3 Å². The van der Waals surface area contributed by atoms with Crippen molar-refractivity contribution in [2.75, 3.05) is 26.7 Å². The van der Waals surface area contributed by atoms with E-state index >= 15 is 0 Å². The van der Waals surface area contributed by atoms with Gasteiger partial charge in [0.2, 0.25) is 5.91 Å². The summed E-state index contributed by atoms with van der Waals surface area (Å²) in [4.78, 5) is 27.6. The molecule has 0 aromatic heterocycles. The second-order valence-electron chi connectivity index (χ2n) is 4.87. The SMILES string of the molecule is CN(CC(=O)N1CCCC1)C(=O)c1cc(Br)ccc1Cl. The monoisotopic (exact) mass is 358 g/mol. The molecule has 0 N–H and O–H groups in total. The van der Waals surface area contributed by atoms with Gasteiger partial charge in [-0.1, -0.05) is 27.5 Å². The number of likely N-dealkylation sites (tertiary alicyclic amines) is 1. The molecule has 4 nitrogen and oxygen atoms in total. The Morgan fingerprint density at radius 3 is 2.65 bits per heavy atom. The molecule has 1 saturated heterocycles. The van der Waals surface area contributed by atoms with Crippen LogP contribution in [-0.2, 0) is 4.79 Å². The first-order chi connectivity index (χ1) is 9.49. The van der Waals surface area contributed by atoms with E-state index in [1.54, 1.807) is 30.1 Å². The molecule has 2 amide bonds. The lowest BCUT2D eigenvalue weighted by atomic mass is 10.2. The molecule has 1 fully saturated rings. The van der Waals surface area contributed by atoms with Crippen molar-refractivity contribution in [3.8, 4) is 0 Å². The lowest BCUT2D eigenvalue weighted by Crippen LogP contribution is -2.39. The van der Waals surface area contributed by atoms with Gasteiger partial charge in [-0.3, -0.25) is 9.59 Å². The Bertz CT molecular complexity index is 530. The van der Waals surface area contributed by atoms with Gasteiger partial charge in [0.05, 0.1) is 17.1 Å². The van der Waals surface area contributed by atoms with E-state index in [2.05, 4.69) is 15.9 Å². The summed E-state index contributed by atoms with van der Waals surface area (Å²) in [5.74, 6) is -0.256. The fourth-order valence-corrected chi connectivity index (χ4v) is 2.77. The van der Waals surface area contributed by atoms with Gasteiger partial charge in [-0.2, -0.15) is 0 Å². The standard InChI is InChI=1S/C14H16BrClN2O2/c1-17(9-13(19)18-6-2-3-7-18)14(20)11-8-10(15)4-5-12(11)16/h4-5,8H,2-3,6-7,9H2,1H3. The van der Waals surface area contributed by atoms with Crippen molar-refractivity contribution in [1.29, 1.82) is 0 Å². The molecular weight excluding hydrogens is 344 g/mol. The molecular formula is C14H16BrClN2O2. The van der Waals surface area contributed by atoms with Crippen molar-refractivity contribution >= 4 is 39.3 Å². The Balaban J connectivity index is 2.04. The van der Waals surface area contributed by atoms with Crippen LogP contribution in [-0.4, -0.2) is 48.3 Å². The first-order valence-electron chi connectivity index (χ1n) is 6.47. The quantitative estimate of drug-likeness (QED) is 0.832. The zero-order valence-electron chi connectivity index (χ0n) is 11.2. The van der Waals surface area contributed by atoms with E-state index in [1.807, 2.05) is 0 Å². The first-order valence-corrected chi connectivity index (χ1v) is 7.64. The molecule has 0 aliphatic carbocycles. The second-order valence-corrected chi connectivity index (χ2v) is 6.20. The van der Waals surface area contributed by atoms with Gasteiger partial charge in [0.1, 0.15) is 0 Å². The minimum Gasteiger partial charge on any atom is -0.341 e. The molecule has 108 valence electrons. The van der Waals surface area contributed by atoms with Gasteiger partial charge in [0, 0.05) is 24.6 Å². The predicted octanol–water partition coefficient (Wildman–Crippen LogP) is 2.80. The molecule has 0 radical (unpaired) electrons. The summed E-state index contributed by atoms with van der Waals surface area (Å²) >= 11 is 9.35. The highest BCUT2D eigenvalue weighted by Gasteiger charge is 2.22. The van der Waals surface area contributed by atoms with E-state index in [4.69, 9.17) is 11.6 Å². The summed E-state index contributed by atoms with van der Waals surface area (Å²) in [5.41, 5.74) is 0.401. The molecule has 20 heavy (non-hydrogen) atoms. The van der Waals surface area contributed by atoms with Gasteiger partial charge >= 0.3 is 0 Å². The third kappa shape index (κ3) is 3.52. The van der Waals surface area contributed by atoms with Crippen molar-refractivity contribution in [2.24, 2.45) is 0 Å². The van der Waals surface area contributed by atoms with Crippen molar-refractivity contribution < 1.29 is 9.59 Å². The van der Waals surface area contributed by atoms with Crippen molar-refractivity contribution in [3.63, 3.8) is 0 Å². The van der Waals surface area contributed by atoms with E-state index < -0.39 is 0 Å². The minimum atomic E-state index is -0.246. The molecule has 0 bridgehead atoms. The lowest BCUT2D eigenvalue weighted by Gasteiger charge is -2.21. The lowest BCUT2D eigenvalue weighted by molar-refractivity contribution is -0.130. The summed E-state index contributed by atoms with van der Waals surface area (Å²) in [5, 5.41) is 0.388. The largest absolute Gasteiger partial charge is 0.341 e. The molecule has 2 rings (SSSR count). The number of benzene rings is 1. The Labute approximate surface area is 131 Å². The van der Waals surface area contributed by atoms with E-state index in [0.29, 0.717) is 10.6 Å². The highest BCUT2D eigenvalue weighted by Crippen LogP contribution is 2.22. The minimum absolute atomic E-state index is 0.00975. The molecule has 0 atom stereocenters. The molecule has 6 heteroatoms. The zero-order valence-corrected chi connectivity index (χ0v) is 13.6. The first kappa shape index (κ1) is 15.3. The third-order valence-electron chi connectivity index (χ3n) is 3.34. The maximum absolute atomic E-state index is 12.3. The van der Waals surface area contributed by atoms with Crippen molar-refractivity contribution in [1.82, 2.24) is 9.80 Å². The number of nitrogens with zero attached hydrogens (tertiary/aromatic N) is 2. The van der Waals surface area contributed by atoms with Crippen LogP contribution in [0, 0.1) is 0 Å². The number of hydrogen-bond donors (Lipinski definition) is 0. The molecule has 1 aromatic carbocycles. The van der Waals surface area contributed by atoms with Crippen LogP contribution in [0.2, 0.25) is 5.02 Å². The van der Waals surface area contributed by atoms with Crippen LogP contribution < -0.4 is 0 Å². The van der Waals surface area contributed by atoms with Crippen LogP contribution in [0.3, 0.4) is 0 Å². The number of carbonyl (C=O) groups excluding carboxylic acids is 2. The summed E-state index contributed by atoms with van der Waals surface area (Å²) in [6.07, 6.45) is 2.09. The number of rotatable bonds is 3. The number of halogens is 2. The highest BCUT2D eigenvalue weighted by molar-refractivity contribution is 9.10. The summed E-state index contributed by atoms with van der Waals surface area (Å²) in [7, 11) is 1.62. The Morgan fingerprint density at radius 2 is 2.00 bits per heavy atom. The van der Waals surface area contributed by atoms with Gasteiger partial charge in [0.15, 0.2) is 0 Å². The molecule has 0 spiro atoms. The molecule has 0 unspecified atom stereocenters.